The van der Waals surface area contributed by atoms with Crippen molar-refractivity contribution in [2.75, 3.05) is 13.6 Å². The third-order valence-electron chi connectivity index (χ3n) is 3.61. The zero-order valence-corrected chi connectivity index (χ0v) is 12.7. The van der Waals surface area contributed by atoms with Gasteiger partial charge in [-0.2, -0.15) is 0 Å². The predicted molar refractivity (Wildman–Crippen MR) is 77.3 cm³/mol. The minimum absolute atomic E-state index is 0.0369. The molecule has 1 amide bonds. The summed E-state index contributed by atoms with van der Waals surface area (Å²) in [6, 6.07) is 5.59. The van der Waals surface area contributed by atoms with Crippen LogP contribution >= 0.6 is 0 Å². The molecule has 6 heteroatoms. The monoisotopic (exact) mass is 296 g/mol. The van der Waals surface area contributed by atoms with Crippen LogP contribution in [0.4, 0.5) is 4.39 Å². The van der Waals surface area contributed by atoms with Crippen LogP contribution in [0.3, 0.4) is 0 Å². The Balaban J connectivity index is 2.61. The van der Waals surface area contributed by atoms with Crippen LogP contribution in [-0.2, 0) is 9.59 Å². The van der Waals surface area contributed by atoms with Crippen LogP contribution in [0.1, 0.15) is 32.4 Å². The van der Waals surface area contributed by atoms with Crippen molar-refractivity contribution in [3.63, 3.8) is 0 Å². The van der Waals surface area contributed by atoms with E-state index >= 15 is 0 Å². The Morgan fingerprint density at radius 1 is 1.33 bits per heavy atom. The molecule has 0 radical (unpaired) electrons. The van der Waals surface area contributed by atoms with Crippen LogP contribution in [0.25, 0.3) is 0 Å². The number of hydrogen-bond acceptors (Lipinski definition) is 3. The minimum Gasteiger partial charge on any atom is -0.480 e. The van der Waals surface area contributed by atoms with E-state index in [0.717, 1.165) is 5.56 Å². The molecule has 0 spiro atoms. The van der Waals surface area contributed by atoms with Crippen molar-refractivity contribution in [1.82, 2.24) is 10.2 Å². The maximum atomic E-state index is 12.8. The van der Waals surface area contributed by atoms with Gasteiger partial charge in [-0.3, -0.25) is 14.5 Å². The minimum atomic E-state index is -1.13. The van der Waals surface area contributed by atoms with E-state index in [9.17, 15) is 14.0 Å². The lowest BCUT2D eigenvalue weighted by Gasteiger charge is -2.31. The highest BCUT2D eigenvalue weighted by Gasteiger charge is 2.33. The van der Waals surface area contributed by atoms with Gasteiger partial charge >= 0.3 is 5.97 Å². The fourth-order valence-electron chi connectivity index (χ4n) is 1.70. The highest BCUT2D eigenvalue weighted by atomic mass is 19.1. The standard InChI is InChI=1S/C15H21FN2O3/c1-10(11-5-7-12(16)8-6-11)17-13(19)9-18(4)15(2,3)14(20)21/h5-8,10H,9H2,1-4H3,(H,17,19)(H,20,21). The first-order valence-corrected chi connectivity index (χ1v) is 6.64. The highest BCUT2D eigenvalue weighted by Crippen LogP contribution is 2.14. The number of rotatable bonds is 6. The van der Waals surface area contributed by atoms with E-state index in [2.05, 4.69) is 5.32 Å². The zero-order valence-electron chi connectivity index (χ0n) is 12.7. The lowest BCUT2D eigenvalue weighted by molar-refractivity contribution is -0.149. The van der Waals surface area contributed by atoms with Gasteiger partial charge in [-0.05, 0) is 45.5 Å². The first kappa shape index (κ1) is 17.1. The Labute approximate surface area is 123 Å². The summed E-state index contributed by atoms with van der Waals surface area (Å²) in [7, 11) is 1.58. The molecule has 1 unspecified atom stereocenters. The number of hydrogen-bond donors (Lipinski definition) is 2. The fourth-order valence-corrected chi connectivity index (χ4v) is 1.70. The highest BCUT2D eigenvalue weighted by molar-refractivity contribution is 5.81. The summed E-state index contributed by atoms with van der Waals surface area (Å²) in [6.45, 7) is 4.82. The molecule has 1 aromatic carbocycles. The van der Waals surface area contributed by atoms with Gasteiger partial charge in [-0.25, -0.2) is 4.39 Å². The summed E-state index contributed by atoms with van der Waals surface area (Å²) in [4.78, 5) is 24.5. The van der Waals surface area contributed by atoms with Crippen LogP contribution in [0.2, 0.25) is 0 Å². The molecule has 0 bridgehead atoms. The fraction of sp³-hybridized carbons (Fsp3) is 0.467. The van der Waals surface area contributed by atoms with E-state index in [1.165, 1.54) is 30.9 Å². The first-order valence-electron chi connectivity index (χ1n) is 6.64. The molecule has 0 fully saturated rings. The SMILES string of the molecule is CC(NC(=O)CN(C)C(C)(C)C(=O)O)c1ccc(F)cc1. The first-order chi connectivity index (χ1) is 9.64. The number of carbonyl (C=O) groups is 2. The summed E-state index contributed by atoms with van der Waals surface area (Å²) in [6.07, 6.45) is 0. The maximum Gasteiger partial charge on any atom is 0.323 e. The summed E-state index contributed by atoms with van der Waals surface area (Å²) >= 11 is 0. The Morgan fingerprint density at radius 2 is 1.86 bits per heavy atom. The Morgan fingerprint density at radius 3 is 2.33 bits per heavy atom. The van der Waals surface area contributed by atoms with Crippen molar-refractivity contribution in [1.29, 1.82) is 0 Å². The third kappa shape index (κ3) is 4.53. The van der Waals surface area contributed by atoms with Crippen molar-refractivity contribution in [2.24, 2.45) is 0 Å². The van der Waals surface area contributed by atoms with Gasteiger partial charge in [0.25, 0.3) is 0 Å². The van der Waals surface area contributed by atoms with Gasteiger partial charge in [-0.15, -0.1) is 0 Å². The van der Waals surface area contributed by atoms with E-state index in [4.69, 9.17) is 5.11 Å². The number of benzene rings is 1. The van der Waals surface area contributed by atoms with E-state index < -0.39 is 11.5 Å². The van der Waals surface area contributed by atoms with E-state index in [1.54, 1.807) is 26.1 Å². The lowest BCUT2D eigenvalue weighted by atomic mass is 10.0. The maximum absolute atomic E-state index is 12.8. The number of amides is 1. The van der Waals surface area contributed by atoms with Gasteiger partial charge in [0.2, 0.25) is 5.91 Å². The number of halogens is 1. The molecule has 0 saturated carbocycles. The second-order valence-electron chi connectivity index (χ2n) is 5.56. The number of likely N-dealkylation sites (N-methyl/N-ethyl adjacent to an activating group) is 1. The summed E-state index contributed by atoms with van der Waals surface area (Å²) in [5.41, 5.74) is -0.346. The van der Waals surface area contributed by atoms with E-state index in [1.807, 2.05) is 0 Å². The average molecular weight is 296 g/mol. The third-order valence-corrected chi connectivity index (χ3v) is 3.61. The summed E-state index contributed by atoms with van der Waals surface area (Å²) < 4.78 is 12.8. The molecule has 0 saturated heterocycles. The largest absolute Gasteiger partial charge is 0.480 e. The number of nitrogens with one attached hydrogen (secondary N) is 1. The number of aliphatic carboxylic acids is 1. The zero-order chi connectivity index (χ0) is 16.2. The molecular weight excluding hydrogens is 275 g/mol. The molecule has 116 valence electrons. The molecule has 0 aliphatic carbocycles. The van der Waals surface area contributed by atoms with Crippen molar-refractivity contribution in [2.45, 2.75) is 32.4 Å². The van der Waals surface area contributed by atoms with Crippen molar-refractivity contribution < 1.29 is 19.1 Å². The van der Waals surface area contributed by atoms with Crippen LogP contribution < -0.4 is 5.32 Å². The van der Waals surface area contributed by atoms with Gasteiger partial charge < -0.3 is 10.4 Å². The number of carboxylic acid groups (broad SMARTS) is 1. The molecular formula is C15H21FN2O3. The quantitative estimate of drug-likeness (QED) is 0.840. The van der Waals surface area contributed by atoms with E-state index in [0.29, 0.717) is 0 Å². The van der Waals surface area contributed by atoms with Crippen molar-refractivity contribution in [3.05, 3.63) is 35.6 Å². The van der Waals surface area contributed by atoms with E-state index in [-0.39, 0.29) is 24.3 Å². The molecule has 0 aliphatic heterocycles. The Bertz CT molecular complexity index is 514. The van der Waals surface area contributed by atoms with Crippen LogP contribution in [0, 0.1) is 5.82 Å². The van der Waals surface area contributed by atoms with Gasteiger partial charge in [0.05, 0.1) is 12.6 Å². The number of carbonyl (C=O) groups excluding carboxylic acids is 1. The van der Waals surface area contributed by atoms with Gasteiger partial charge in [0.1, 0.15) is 11.4 Å². The van der Waals surface area contributed by atoms with Gasteiger partial charge in [0.15, 0.2) is 0 Å². The van der Waals surface area contributed by atoms with Crippen LogP contribution in [0.15, 0.2) is 24.3 Å². The normalized spacial score (nSPS) is 13.0. The Kier molecular flexibility index (Phi) is 5.43. The summed E-state index contributed by atoms with van der Waals surface area (Å²) in [5, 5.41) is 11.9. The molecule has 0 aromatic heterocycles. The molecule has 5 nitrogen and oxygen atoms in total. The molecule has 1 aromatic rings. The molecule has 2 N–H and O–H groups in total. The molecule has 1 atom stereocenters. The van der Waals surface area contributed by atoms with Crippen LogP contribution in [-0.4, -0.2) is 41.0 Å². The van der Waals surface area contributed by atoms with Gasteiger partial charge in [0, 0.05) is 0 Å². The molecule has 1 rings (SSSR count). The molecule has 0 heterocycles. The summed E-state index contributed by atoms with van der Waals surface area (Å²) in [5.74, 6) is -1.62. The predicted octanol–water partition coefficient (Wildman–Crippen LogP) is 1.80. The average Bonchev–Trinajstić information content (AvgIpc) is 2.38. The number of nitrogens with zero attached hydrogens (tertiary/aromatic N) is 1. The molecule has 0 aliphatic rings. The smallest absolute Gasteiger partial charge is 0.323 e. The second-order valence-corrected chi connectivity index (χ2v) is 5.56. The molecule has 21 heavy (non-hydrogen) atoms. The van der Waals surface area contributed by atoms with Crippen LogP contribution in [0.5, 0.6) is 0 Å². The van der Waals surface area contributed by atoms with Crippen molar-refractivity contribution in [3.8, 4) is 0 Å². The number of carboxylic acids is 1. The topological polar surface area (TPSA) is 69.6 Å². The lowest BCUT2D eigenvalue weighted by Crippen LogP contribution is -2.51. The Hall–Kier alpha value is -1.95. The van der Waals surface area contributed by atoms with Gasteiger partial charge in [-0.1, -0.05) is 12.1 Å². The second kappa shape index (κ2) is 6.67. The van der Waals surface area contributed by atoms with Crippen molar-refractivity contribution >= 4 is 11.9 Å².